The van der Waals surface area contributed by atoms with E-state index in [-0.39, 0.29) is 28.8 Å². The first-order chi connectivity index (χ1) is 8.47. The quantitative estimate of drug-likeness (QED) is 0.444. The molecule has 1 amide bonds. The third kappa shape index (κ3) is 5.90. The highest BCUT2D eigenvalue weighted by Gasteiger charge is 2.19. The number of carbonyl (C=O) groups excluding carboxylic acids is 1. The predicted molar refractivity (Wildman–Crippen MR) is 75.6 cm³/mol. The molecule has 0 aromatic heterocycles. The number of nitrogens with one attached hydrogen (secondary N) is 2. The number of rotatable bonds is 3. The molecule has 0 spiro atoms. The molecule has 1 aliphatic carbocycles. The maximum absolute atomic E-state index is 11.6. The summed E-state index contributed by atoms with van der Waals surface area (Å²) in [4.78, 5) is 15.2. The van der Waals surface area contributed by atoms with Crippen molar-refractivity contribution >= 4 is 28.8 Å². The molecule has 6 N–H and O–H groups in total. The molecule has 0 aromatic rings. The van der Waals surface area contributed by atoms with E-state index in [1.165, 1.54) is 12.8 Å². The maximum atomic E-state index is 11.6. The van der Waals surface area contributed by atoms with Crippen molar-refractivity contribution in [2.45, 2.75) is 38.6 Å². The van der Waals surface area contributed by atoms with E-state index in [1.54, 1.807) is 0 Å². The van der Waals surface area contributed by atoms with Gasteiger partial charge in [0.15, 0.2) is 11.1 Å². The van der Waals surface area contributed by atoms with Crippen molar-refractivity contribution in [2.24, 2.45) is 22.4 Å². The van der Waals surface area contributed by atoms with Crippen molar-refractivity contribution in [1.82, 2.24) is 5.32 Å². The van der Waals surface area contributed by atoms with Gasteiger partial charge in [-0.2, -0.15) is 4.99 Å². The number of nitrogens with two attached hydrogens (primary N) is 2. The topological polar surface area (TPSA) is 117 Å². The number of nitrogens with zero attached hydrogens (tertiary/aromatic N) is 1. The van der Waals surface area contributed by atoms with Crippen LogP contribution in [0.3, 0.4) is 0 Å². The summed E-state index contributed by atoms with van der Waals surface area (Å²) in [7, 11) is 0. The first-order valence-electron chi connectivity index (χ1n) is 6.07. The zero-order valence-electron chi connectivity index (χ0n) is 10.6. The fraction of sp³-hybridized carbons (Fsp3) is 0.727. The van der Waals surface area contributed by atoms with Gasteiger partial charge in [-0.3, -0.25) is 10.2 Å². The zero-order valence-corrected chi connectivity index (χ0v) is 11.4. The molecule has 7 heteroatoms. The van der Waals surface area contributed by atoms with Crippen molar-refractivity contribution in [2.75, 3.05) is 5.75 Å². The van der Waals surface area contributed by atoms with Crippen LogP contribution in [0.5, 0.6) is 0 Å². The molecule has 0 radical (unpaired) electrons. The zero-order chi connectivity index (χ0) is 13.5. The van der Waals surface area contributed by atoms with E-state index in [9.17, 15) is 4.79 Å². The third-order valence-corrected chi connectivity index (χ3v) is 3.72. The number of hydrogen-bond donors (Lipinski definition) is 4. The van der Waals surface area contributed by atoms with Crippen LogP contribution < -0.4 is 16.8 Å². The van der Waals surface area contributed by atoms with Crippen LogP contribution in [0.4, 0.5) is 0 Å². The van der Waals surface area contributed by atoms with E-state index in [1.807, 2.05) is 0 Å². The van der Waals surface area contributed by atoms with Crippen molar-refractivity contribution in [3.8, 4) is 0 Å². The van der Waals surface area contributed by atoms with Crippen LogP contribution in [0, 0.1) is 11.3 Å². The molecule has 0 aromatic carbocycles. The summed E-state index contributed by atoms with van der Waals surface area (Å²) >= 11 is 1.03. The fourth-order valence-electron chi connectivity index (χ4n) is 1.96. The van der Waals surface area contributed by atoms with Crippen molar-refractivity contribution < 1.29 is 4.79 Å². The lowest BCUT2D eigenvalue weighted by Crippen LogP contribution is -2.38. The molecular formula is C11H21N5OS. The molecule has 18 heavy (non-hydrogen) atoms. The second-order valence-corrected chi connectivity index (χ2v) is 5.62. The van der Waals surface area contributed by atoms with E-state index in [4.69, 9.17) is 16.9 Å². The molecule has 0 saturated heterocycles. The van der Waals surface area contributed by atoms with Crippen LogP contribution in [-0.4, -0.2) is 28.8 Å². The second kappa shape index (κ2) is 7.25. The lowest BCUT2D eigenvalue weighted by atomic mass is 9.87. The molecule has 102 valence electrons. The predicted octanol–water partition coefficient (Wildman–Crippen LogP) is 0.623. The highest BCUT2D eigenvalue weighted by molar-refractivity contribution is 8.14. The molecule has 0 atom stereocenters. The standard InChI is InChI=1S/C11H21N5OS/c1-7-2-4-8(5-3-7)15-9(17)6-18-11(14)16-10(12)13/h7-8H,2-6H2,1H3,(H,15,17)(H5,12,13,14,16). The van der Waals surface area contributed by atoms with Crippen molar-refractivity contribution in [3.63, 3.8) is 0 Å². The van der Waals surface area contributed by atoms with Gasteiger partial charge in [0.1, 0.15) is 0 Å². The van der Waals surface area contributed by atoms with Gasteiger partial charge in [0.2, 0.25) is 5.91 Å². The van der Waals surface area contributed by atoms with Gasteiger partial charge in [-0.15, -0.1) is 0 Å². The van der Waals surface area contributed by atoms with Crippen molar-refractivity contribution in [1.29, 1.82) is 5.41 Å². The number of carbonyl (C=O) groups is 1. The molecule has 0 heterocycles. The molecule has 0 bridgehead atoms. The minimum atomic E-state index is -0.158. The Kier molecular flexibility index (Phi) is 5.97. The van der Waals surface area contributed by atoms with Gasteiger partial charge in [0, 0.05) is 6.04 Å². The highest BCUT2D eigenvalue weighted by Crippen LogP contribution is 2.23. The molecular weight excluding hydrogens is 250 g/mol. The number of amidine groups is 1. The lowest BCUT2D eigenvalue weighted by molar-refractivity contribution is -0.119. The van der Waals surface area contributed by atoms with Crippen LogP contribution >= 0.6 is 11.8 Å². The summed E-state index contributed by atoms with van der Waals surface area (Å²) in [5, 5.41) is 10.3. The molecule has 1 fully saturated rings. The van der Waals surface area contributed by atoms with Gasteiger partial charge in [-0.05, 0) is 31.6 Å². The Labute approximate surface area is 111 Å². The molecule has 1 saturated carbocycles. The minimum absolute atomic E-state index is 0.0394. The number of thioether (sulfide) groups is 1. The Morgan fingerprint density at radius 3 is 2.56 bits per heavy atom. The van der Waals surface area contributed by atoms with Crippen molar-refractivity contribution in [3.05, 3.63) is 0 Å². The smallest absolute Gasteiger partial charge is 0.230 e. The fourth-order valence-corrected chi connectivity index (χ4v) is 2.48. The molecule has 0 aliphatic heterocycles. The van der Waals surface area contributed by atoms with E-state index < -0.39 is 0 Å². The maximum Gasteiger partial charge on any atom is 0.230 e. The van der Waals surface area contributed by atoms with E-state index in [0.717, 1.165) is 30.5 Å². The van der Waals surface area contributed by atoms with Gasteiger partial charge in [0.25, 0.3) is 0 Å². The summed E-state index contributed by atoms with van der Waals surface area (Å²) in [6.45, 7) is 2.24. The van der Waals surface area contributed by atoms with Crippen LogP contribution in [0.15, 0.2) is 4.99 Å². The summed E-state index contributed by atoms with van der Waals surface area (Å²) in [5.74, 6) is 0.730. The van der Waals surface area contributed by atoms with Crippen LogP contribution in [0.2, 0.25) is 0 Å². The summed E-state index contributed by atoms with van der Waals surface area (Å²) in [5.41, 5.74) is 10.3. The summed E-state index contributed by atoms with van der Waals surface area (Å²) in [6.07, 6.45) is 4.43. The highest BCUT2D eigenvalue weighted by atomic mass is 32.2. The molecule has 6 nitrogen and oxygen atoms in total. The minimum Gasteiger partial charge on any atom is -0.370 e. The first-order valence-corrected chi connectivity index (χ1v) is 7.06. The Hall–Kier alpha value is -1.24. The Bertz CT molecular complexity index is 332. The second-order valence-electron chi connectivity index (χ2n) is 4.65. The van der Waals surface area contributed by atoms with Crippen LogP contribution in [-0.2, 0) is 4.79 Å². The molecule has 1 rings (SSSR count). The van der Waals surface area contributed by atoms with E-state index in [2.05, 4.69) is 17.2 Å². The van der Waals surface area contributed by atoms with Crippen LogP contribution in [0.1, 0.15) is 32.6 Å². The number of aliphatic imine (C=N–C) groups is 1. The monoisotopic (exact) mass is 271 g/mol. The van der Waals surface area contributed by atoms with Crippen LogP contribution in [0.25, 0.3) is 0 Å². The number of amides is 1. The average Bonchev–Trinajstić information content (AvgIpc) is 2.29. The van der Waals surface area contributed by atoms with Gasteiger partial charge in [-0.25, -0.2) is 0 Å². The SMILES string of the molecule is CC1CCC(NC(=O)CSC(=N)N=C(N)N)CC1. The van der Waals surface area contributed by atoms with Gasteiger partial charge < -0.3 is 16.8 Å². The molecule has 1 aliphatic rings. The van der Waals surface area contributed by atoms with Gasteiger partial charge in [0.05, 0.1) is 5.75 Å². The largest absolute Gasteiger partial charge is 0.370 e. The van der Waals surface area contributed by atoms with E-state index in [0.29, 0.717) is 0 Å². The number of guanidine groups is 1. The Morgan fingerprint density at radius 1 is 1.39 bits per heavy atom. The normalized spacial score (nSPS) is 23.2. The Balaban J connectivity index is 2.21. The summed E-state index contributed by atoms with van der Waals surface area (Å²) < 4.78 is 0. The molecule has 0 unspecified atom stereocenters. The van der Waals surface area contributed by atoms with Gasteiger partial charge >= 0.3 is 0 Å². The number of hydrogen-bond acceptors (Lipinski definition) is 3. The third-order valence-electron chi connectivity index (χ3n) is 2.95. The first kappa shape index (κ1) is 14.8. The summed E-state index contributed by atoms with van der Waals surface area (Å²) in [6, 6.07) is 0.284. The van der Waals surface area contributed by atoms with E-state index >= 15 is 0 Å². The lowest BCUT2D eigenvalue weighted by Gasteiger charge is -2.26. The average molecular weight is 271 g/mol. The van der Waals surface area contributed by atoms with Gasteiger partial charge in [-0.1, -0.05) is 18.7 Å². The Morgan fingerprint density at radius 2 is 2.00 bits per heavy atom.